The Morgan fingerprint density at radius 1 is 1.42 bits per heavy atom. The number of benzene rings is 1. The number of nitrogens with one attached hydrogen (secondary N) is 1. The first-order valence-corrected chi connectivity index (χ1v) is 8.52. The van der Waals surface area contributed by atoms with Crippen LogP contribution in [-0.2, 0) is 4.79 Å². The molecule has 0 aromatic heterocycles. The Kier molecular flexibility index (Phi) is 8.45. The van der Waals surface area contributed by atoms with Crippen molar-refractivity contribution in [1.82, 2.24) is 5.32 Å². The number of carbonyl (C=O) groups is 1. The highest BCUT2D eigenvalue weighted by molar-refractivity contribution is 8.15. The van der Waals surface area contributed by atoms with Crippen molar-refractivity contribution in [2.45, 2.75) is 6.04 Å². The van der Waals surface area contributed by atoms with E-state index in [1.807, 2.05) is 36.6 Å². The normalized spacial score (nSPS) is 12.5. The molecular weight excluding hydrogens is 278 g/mol. The number of thioether (sulfide) groups is 2. The number of carbonyl (C=O) groups excluding carboxylic acids is 1. The molecule has 1 unspecified atom stereocenters. The Morgan fingerprint density at radius 2 is 2.16 bits per heavy atom. The van der Waals surface area contributed by atoms with Crippen LogP contribution in [0.25, 0.3) is 6.08 Å². The van der Waals surface area contributed by atoms with Gasteiger partial charge in [0.15, 0.2) is 0 Å². The fourth-order valence-electron chi connectivity index (χ4n) is 1.40. The summed E-state index contributed by atoms with van der Waals surface area (Å²) in [6.45, 7) is -0.0354. The highest BCUT2D eigenvalue weighted by atomic mass is 32.2. The van der Waals surface area contributed by atoms with Crippen molar-refractivity contribution in [3.63, 3.8) is 0 Å². The summed E-state index contributed by atoms with van der Waals surface area (Å²) >= 11 is 3.44. The second-order valence-corrected chi connectivity index (χ2v) is 6.17. The van der Waals surface area contributed by atoms with E-state index in [-0.39, 0.29) is 18.6 Å². The predicted molar refractivity (Wildman–Crippen MR) is 85.3 cm³/mol. The summed E-state index contributed by atoms with van der Waals surface area (Å²) in [5.74, 6) is 0.551. The molecule has 0 saturated carbocycles. The van der Waals surface area contributed by atoms with Gasteiger partial charge in [-0.1, -0.05) is 30.3 Å². The Hall–Kier alpha value is -0.910. The molecule has 1 aromatic rings. The molecular formula is C14H19NO2S2. The average Bonchev–Trinajstić information content (AvgIpc) is 2.45. The van der Waals surface area contributed by atoms with Gasteiger partial charge in [0.2, 0.25) is 5.91 Å². The highest BCUT2D eigenvalue weighted by Crippen LogP contribution is 2.09. The summed E-state index contributed by atoms with van der Waals surface area (Å²) in [6, 6.07) is 9.45. The fourth-order valence-corrected chi connectivity index (χ4v) is 2.92. The molecule has 1 rings (SSSR count). The first-order chi connectivity index (χ1) is 9.26. The van der Waals surface area contributed by atoms with Crippen LogP contribution in [0.15, 0.2) is 36.4 Å². The van der Waals surface area contributed by atoms with E-state index in [4.69, 9.17) is 0 Å². The van der Waals surface area contributed by atoms with Crippen LogP contribution >= 0.6 is 23.5 Å². The van der Waals surface area contributed by atoms with E-state index in [1.165, 1.54) is 6.08 Å². The number of aliphatic hydroxyl groups is 1. The standard InChI is InChI=1S/C14H19NO2S2/c1-18-11-19-10-13(9-16)15-14(17)8-7-12-5-3-2-4-6-12/h2-8,13,16H,9-11H2,1H3,(H,15,17)/b8-7-. The van der Waals surface area contributed by atoms with E-state index in [0.29, 0.717) is 0 Å². The van der Waals surface area contributed by atoms with Gasteiger partial charge in [-0.3, -0.25) is 4.79 Å². The van der Waals surface area contributed by atoms with Crippen LogP contribution in [0.2, 0.25) is 0 Å². The molecule has 1 aromatic carbocycles. The fraction of sp³-hybridized carbons (Fsp3) is 0.357. The van der Waals surface area contributed by atoms with Gasteiger partial charge in [-0.25, -0.2) is 0 Å². The Morgan fingerprint density at radius 3 is 2.79 bits per heavy atom. The van der Waals surface area contributed by atoms with Crippen molar-refractivity contribution >= 4 is 35.5 Å². The molecule has 0 spiro atoms. The third-order valence-corrected chi connectivity index (χ3v) is 4.56. The highest BCUT2D eigenvalue weighted by Gasteiger charge is 2.09. The summed E-state index contributed by atoms with van der Waals surface area (Å²) in [7, 11) is 0. The lowest BCUT2D eigenvalue weighted by Crippen LogP contribution is -2.38. The molecule has 0 aliphatic heterocycles. The Balaban J connectivity index is 2.38. The minimum Gasteiger partial charge on any atom is -0.394 e. The summed E-state index contributed by atoms with van der Waals surface area (Å²) < 4.78 is 0. The maximum Gasteiger partial charge on any atom is 0.244 e. The van der Waals surface area contributed by atoms with E-state index in [1.54, 1.807) is 29.6 Å². The van der Waals surface area contributed by atoms with Gasteiger partial charge in [0.25, 0.3) is 0 Å². The predicted octanol–water partition coefficient (Wildman–Crippen LogP) is 2.23. The molecule has 0 aliphatic carbocycles. The lowest BCUT2D eigenvalue weighted by molar-refractivity contribution is -0.117. The minimum absolute atomic E-state index is 0.0354. The van der Waals surface area contributed by atoms with Crippen LogP contribution in [0.1, 0.15) is 5.56 Å². The third kappa shape index (κ3) is 7.30. The van der Waals surface area contributed by atoms with Crippen LogP contribution in [0.3, 0.4) is 0 Å². The first kappa shape index (κ1) is 16.1. The van der Waals surface area contributed by atoms with E-state index >= 15 is 0 Å². The van der Waals surface area contributed by atoms with Crippen molar-refractivity contribution in [3.05, 3.63) is 42.0 Å². The second kappa shape index (κ2) is 9.95. The lowest BCUT2D eigenvalue weighted by atomic mass is 10.2. The van der Waals surface area contributed by atoms with Crippen LogP contribution < -0.4 is 5.32 Å². The molecule has 0 radical (unpaired) electrons. The molecule has 3 nitrogen and oxygen atoms in total. The van der Waals surface area contributed by atoms with Crippen LogP contribution in [0.4, 0.5) is 0 Å². The summed E-state index contributed by atoms with van der Waals surface area (Å²) in [5.41, 5.74) is 0.981. The molecule has 0 fully saturated rings. The van der Waals surface area contributed by atoms with Gasteiger partial charge in [0.05, 0.1) is 12.6 Å². The number of aliphatic hydroxyl groups excluding tert-OH is 1. The van der Waals surface area contributed by atoms with Gasteiger partial charge in [0, 0.05) is 16.9 Å². The van der Waals surface area contributed by atoms with Gasteiger partial charge in [0.1, 0.15) is 0 Å². The van der Waals surface area contributed by atoms with Gasteiger partial charge in [-0.2, -0.15) is 11.8 Å². The molecule has 0 bridgehead atoms. The minimum atomic E-state index is -0.190. The molecule has 0 heterocycles. The van der Waals surface area contributed by atoms with Crippen LogP contribution in [0.5, 0.6) is 0 Å². The van der Waals surface area contributed by atoms with Gasteiger partial charge >= 0.3 is 0 Å². The van der Waals surface area contributed by atoms with Crippen molar-refractivity contribution < 1.29 is 9.90 Å². The Bertz CT molecular complexity index is 396. The SMILES string of the molecule is CSCSCC(CO)NC(=O)/C=C\c1ccccc1. The van der Waals surface area contributed by atoms with Crippen molar-refractivity contribution in [2.75, 3.05) is 23.7 Å². The molecule has 104 valence electrons. The van der Waals surface area contributed by atoms with Crippen molar-refractivity contribution in [3.8, 4) is 0 Å². The first-order valence-electron chi connectivity index (χ1n) is 5.97. The molecule has 19 heavy (non-hydrogen) atoms. The van der Waals surface area contributed by atoms with Gasteiger partial charge in [-0.05, 0) is 17.9 Å². The topological polar surface area (TPSA) is 49.3 Å². The number of hydrogen-bond acceptors (Lipinski definition) is 4. The molecule has 0 aliphatic rings. The third-order valence-electron chi connectivity index (χ3n) is 2.31. The number of hydrogen-bond donors (Lipinski definition) is 2. The zero-order valence-corrected chi connectivity index (χ0v) is 12.5. The zero-order chi connectivity index (χ0) is 13.9. The average molecular weight is 297 g/mol. The van der Waals surface area contributed by atoms with E-state index in [0.717, 1.165) is 16.4 Å². The second-order valence-electron chi connectivity index (χ2n) is 3.91. The maximum absolute atomic E-state index is 11.7. The summed E-state index contributed by atoms with van der Waals surface area (Å²) in [4.78, 5) is 11.7. The van der Waals surface area contributed by atoms with E-state index in [2.05, 4.69) is 5.32 Å². The van der Waals surface area contributed by atoms with Gasteiger partial charge in [-0.15, -0.1) is 11.8 Å². The van der Waals surface area contributed by atoms with E-state index in [9.17, 15) is 9.90 Å². The largest absolute Gasteiger partial charge is 0.394 e. The van der Waals surface area contributed by atoms with E-state index < -0.39 is 0 Å². The van der Waals surface area contributed by atoms with Crippen molar-refractivity contribution in [2.24, 2.45) is 0 Å². The molecule has 2 N–H and O–H groups in total. The molecule has 5 heteroatoms. The van der Waals surface area contributed by atoms with Crippen molar-refractivity contribution in [1.29, 1.82) is 0 Å². The Labute approximate surface area is 122 Å². The molecule has 1 atom stereocenters. The molecule has 0 saturated heterocycles. The van der Waals surface area contributed by atoms with Crippen LogP contribution in [-0.4, -0.2) is 40.8 Å². The maximum atomic E-state index is 11.7. The summed E-state index contributed by atoms with van der Waals surface area (Å²) in [5, 5.41) is 13.0. The smallest absolute Gasteiger partial charge is 0.244 e. The zero-order valence-electron chi connectivity index (χ0n) is 10.9. The monoisotopic (exact) mass is 297 g/mol. The number of rotatable bonds is 8. The van der Waals surface area contributed by atoms with Crippen LogP contribution in [0, 0.1) is 0 Å². The lowest BCUT2D eigenvalue weighted by Gasteiger charge is -2.14. The summed E-state index contributed by atoms with van der Waals surface area (Å²) in [6.07, 6.45) is 5.29. The quantitative estimate of drug-likeness (QED) is 0.439. The molecule has 1 amide bonds. The van der Waals surface area contributed by atoms with Gasteiger partial charge < -0.3 is 10.4 Å². The number of amides is 1.